The largest absolute Gasteiger partial charge is 0.508 e. The van der Waals surface area contributed by atoms with Crippen molar-refractivity contribution in [2.24, 2.45) is 0 Å². The van der Waals surface area contributed by atoms with Gasteiger partial charge in [0, 0.05) is 0 Å². The molecule has 90 valence electrons. The van der Waals surface area contributed by atoms with Gasteiger partial charge in [-0.05, 0) is 43.7 Å². The van der Waals surface area contributed by atoms with Gasteiger partial charge in [-0.25, -0.2) is 0 Å². The molecule has 0 saturated carbocycles. The third-order valence-electron chi connectivity index (χ3n) is 1.69. The van der Waals surface area contributed by atoms with Crippen molar-refractivity contribution in [3.05, 3.63) is 48.6 Å². The summed E-state index contributed by atoms with van der Waals surface area (Å²) >= 11 is 0. The summed E-state index contributed by atoms with van der Waals surface area (Å²) in [5, 5.41) is 8.94. The monoisotopic (exact) mass is 232 g/mol. The standard InChI is InChI=1S/C10H10O2.C4H6O/c1-8(11)2-3-9-4-6-10(12)7-5-9;1-3-4(2)5/h2-7,12H,1H3;3H,1H2,2H3/b3-2+;. The highest BCUT2D eigenvalue weighted by Gasteiger charge is 1.88. The van der Waals surface area contributed by atoms with Crippen molar-refractivity contribution in [1.82, 2.24) is 0 Å². The molecule has 17 heavy (non-hydrogen) atoms. The number of phenolic OH excluding ortho intramolecular Hbond substituents is 1. The summed E-state index contributed by atoms with van der Waals surface area (Å²) in [4.78, 5) is 20.2. The van der Waals surface area contributed by atoms with Crippen LogP contribution in [0.5, 0.6) is 5.75 Å². The molecule has 0 radical (unpaired) electrons. The number of aromatic hydroxyl groups is 1. The zero-order valence-electron chi connectivity index (χ0n) is 10.0. The van der Waals surface area contributed by atoms with Gasteiger partial charge in [0.05, 0.1) is 0 Å². The maximum Gasteiger partial charge on any atom is 0.152 e. The van der Waals surface area contributed by atoms with Crippen LogP contribution in [0.3, 0.4) is 0 Å². The molecule has 1 aromatic rings. The van der Waals surface area contributed by atoms with Crippen LogP contribution in [-0.4, -0.2) is 16.7 Å². The summed E-state index contributed by atoms with van der Waals surface area (Å²) in [7, 11) is 0. The fourth-order valence-electron chi connectivity index (χ4n) is 0.799. The maximum absolute atomic E-state index is 10.5. The van der Waals surface area contributed by atoms with Crippen LogP contribution in [0.2, 0.25) is 0 Å². The molecule has 0 bridgehead atoms. The van der Waals surface area contributed by atoms with Crippen LogP contribution in [0.4, 0.5) is 0 Å². The zero-order chi connectivity index (χ0) is 13.3. The molecule has 0 aliphatic rings. The Morgan fingerprint density at radius 2 is 1.59 bits per heavy atom. The number of carbonyl (C=O) groups excluding carboxylic acids is 2. The number of ketones is 2. The highest BCUT2D eigenvalue weighted by atomic mass is 16.3. The van der Waals surface area contributed by atoms with E-state index in [0.717, 1.165) is 5.56 Å². The number of hydrogen-bond donors (Lipinski definition) is 1. The molecule has 3 heteroatoms. The number of hydrogen-bond acceptors (Lipinski definition) is 3. The van der Waals surface area contributed by atoms with Gasteiger partial charge in [0.25, 0.3) is 0 Å². The molecule has 0 atom stereocenters. The normalized spacial score (nSPS) is 9.29. The Kier molecular flexibility index (Phi) is 7.02. The number of carbonyl (C=O) groups is 2. The first-order valence-corrected chi connectivity index (χ1v) is 5.06. The summed E-state index contributed by atoms with van der Waals surface area (Å²) in [5.74, 6) is 0.267. The number of rotatable bonds is 3. The summed E-state index contributed by atoms with van der Waals surface area (Å²) in [5.41, 5.74) is 0.906. The van der Waals surface area contributed by atoms with E-state index in [4.69, 9.17) is 5.11 Å². The smallest absolute Gasteiger partial charge is 0.152 e. The van der Waals surface area contributed by atoms with Gasteiger partial charge in [-0.1, -0.05) is 24.8 Å². The Morgan fingerprint density at radius 3 is 1.94 bits per heavy atom. The van der Waals surface area contributed by atoms with E-state index in [1.807, 2.05) is 0 Å². The molecule has 0 aromatic heterocycles. The SMILES string of the molecule is C=CC(C)=O.CC(=O)/C=C/c1ccc(O)cc1. The lowest BCUT2D eigenvalue weighted by molar-refractivity contribution is -0.113. The van der Waals surface area contributed by atoms with E-state index >= 15 is 0 Å². The fourth-order valence-corrected chi connectivity index (χ4v) is 0.799. The Morgan fingerprint density at radius 1 is 1.12 bits per heavy atom. The Bertz CT molecular complexity index is 414. The van der Waals surface area contributed by atoms with Gasteiger partial charge in [-0.2, -0.15) is 0 Å². The van der Waals surface area contributed by atoms with E-state index in [0.29, 0.717) is 0 Å². The Hall–Kier alpha value is -2.16. The van der Waals surface area contributed by atoms with Crippen LogP contribution >= 0.6 is 0 Å². The van der Waals surface area contributed by atoms with Gasteiger partial charge in [0.1, 0.15) is 5.75 Å². The molecule has 0 aliphatic carbocycles. The molecule has 1 N–H and O–H groups in total. The van der Waals surface area contributed by atoms with Crippen molar-refractivity contribution in [2.45, 2.75) is 13.8 Å². The molecule has 0 unspecified atom stereocenters. The number of phenols is 1. The lowest BCUT2D eigenvalue weighted by atomic mass is 10.2. The Labute approximate surface area is 101 Å². The highest BCUT2D eigenvalue weighted by molar-refractivity contribution is 5.91. The van der Waals surface area contributed by atoms with Crippen LogP contribution in [0.15, 0.2) is 43.0 Å². The van der Waals surface area contributed by atoms with Crippen molar-refractivity contribution in [3.63, 3.8) is 0 Å². The molecule has 0 heterocycles. The van der Waals surface area contributed by atoms with Crippen LogP contribution in [0.1, 0.15) is 19.4 Å². The molecule has 1 rings (SSSR count). The lowest BCUT2D eigenvalue weighted by Crippen LogP contribution is -1.79. The topological polar surface area (TPSA) is 54.4 Å². The van der Waals surface area contributed by atoms with Crippen LogP contribution < -0.4 is 0 Å². The van der Waals surface area contributed by atoms with E-state index in [1.165, 1.54) is 26.0 Å². The van der Waals surface area contributed by atoms with E-state index in [-0.39, 0.29) is 17.3 Å². The molecule has 1 aromatic carbocycles. The van der Waals surface area contributed by atoms with Crippen molar-refractivity contribution in [2.75, 3.05) is 0 Å². The predicted octanol–water partition coefficient (Wildman–Crippen LogP) is 2.76. The van der Waals surface area contributed by atoms with Crippen molar-refractivity contribution >= 4 is 17.6 Å². The van der Waals surface area contributed by atoms with Gasteiger partial charge in [0.2, 0.25) is 0 Å². The van der Waals surface area contributed by atoms with Gasteiger partial charge in [-0.15, -0.1) is 0 Å². The molecule has 0 fully saturated rings. The average Bonchev–Trinajstić information content (AvgIpc) is 2.29. The second-order valence-corrected chi connectivity index (χ2v) is 3.35. The fraction of sp³-hybridized carbons (Fsp3) is 0.143. The molecular formula is C14H16O3. The summed E-state index contributed by atoms with van der Waals surface area (Å²) in [6, 6.07) is 6.66. The summed E-state index contributed by atoms with van der Waals surface area (Å²) in [6.45, 7) is 6.17. The highest BCUT2D eigenvalue weighted by Crippen LogP contribution is 2.10. The Balaban J connectivity index is 0.000000437. The van der Waals surface area contributed by atoms with Gasteiger partial charge in [0.15, 0.2) is 11.6 Å². The quantitative estimate of drug-likeness (QED) is 0.815. The molecule has 0 saturated heterocycles. The van der Waals surface area contributed by atoms with E-state index in [2.05, 4.69) is 6.58 Å². The molecular weight excluding hydrogens is 216 g/mol. The van der Waals surface area contributed by atoms with Crippen LogP contribution in [0.25, 0.3) is 6.08 Å². The van der Waals surface area contributed by atoms with E-state index < -0.39 is 0 Å². The summed E-state index contributed by atoms with van der Waals surface area (Å²) < 4.78 is 0. The summed E-state index contributed by atoms with van der Waals surface area (Å²) in [6.07, 6.45) is 4.48. The number of allylic oxidation sites excluding steroid dienone is 2. The van der Waals surface area contributed by atoms with E-state index in [1.54, 1.807) is 30.3 Å². The first-order chi connectivity index (χ1) is 7.95. The minimum atomic E-state index is 0.0167. The van der Waals surface area contributed by atoms with Gasteiger partial charge < -0.3 is 5.11 Å². The molecule has 0 spiro atoms. The molecule has 3 nitrogen and oxygen atoms in total. The predicted molar refractivity (Wildman–Crippen MR) is 68.7 cm³/mol. The third kappa shape index (κ3) is 8.81. The lowest BCUT2D eigenvalue weighted by Gasteiger charge is -1.92. The zero-order valence-corrected chi connectivity index (χ0v) is 10.0. The second-order valence-electron chi connectivity index (χ2n) is 3.35. The van der Waals surface area contributed by atoms with Crippen LogP contribution in [0, 0.1) is 0 Å². The van der Waals surface area contributed by atoms with Crippen molar-refractivity contribution < 1.29 is 14.7 Å². The first kappa shape index (κ1) is 14.8. The first-order valence-electron chi connectivity index (χ1n) is 5.06. The van der Waals surface area contributed by atoms with Crippen LogP contribution in [-0.2, 0) is 9.59 Å². The average molecular weight is 232 g/mol. The van der Waals surface area contributed by atoms with Crippen molar-refractivity contribution in [3.8, 4) is 5.75 Å². The van der Waals surface area contributed by atoms with Gasteiger partial charge in [-0.3, -0.25) is 9.59 Å². The van der Waals surface area contributed by atoms with Gasteiger partial charge >= 0.3 is 0 Å². The maximum atomic E-state index is 10.5. The van der Waals surface area contributed by atoms with E-state index in [9.17, 15) is 9.59 Å². The minimum Gasteiger partial charge on any atom is -0.508 e. The third-order valence-corrected chi connectivity index (χ3v) is 1.69. The minimum absolute atomic E-state index is 0.0167. The molecule has 0 amide bonds. The molecule has 0 aliphatic heterocycles. The second kappa shape index (κ2) is 8.05. The van der Waals surface area contributed by atoms with Crippen molar-refractivity contribution in [1.29, 1.82) is 0 Å². The number of benzene rings is 1.